The topological polar surface area (TPSA) is 99.7 Å². The molecule has 0 bridgehead atoms. The van der Waals surface area contributed by atoms with E-state index in [9.17, 15) is 8.42 Å². The summed E-state index contributed by atoms with van der Waals surface area (Å²) in [5.41, 5.74) is 2.68. The Morgan fingerprint density at radius 3 is 2.48 bits per heavy atom. The van der Waals surface area contributed by atoms with Crippen molar-refractivity contribution in [3.8, 4) is 11.5 Å². The first-order valence-electron chi connectivity index (χ1n) is 11.3. The number of aryl methyl sites for hydroxylation is 1. The molecule has 0 aliphatic heterocycles. The minimum absolute atomic E-state index is 0.0792. The maximum atomic E-state index is 11.8. The van der Waals surface area contributed by atoms with Gasteiger partial charge in [0.1, 0.15) is 5.82 Å². The average molecular weight is 475 g/mol. The molecule has 1 heterocycles. The van der Waals surface area contributed by atoms with E-state index < -0.39 is 10.0 Å². The average Bonchev–Trinajstić information content (AvgIpc) is 3.13. The summed E-state index contributed by atoms with van der Waals surface area (Å²) in [6.07, 6.45) is 2.06. The van der Waals surface area contributed by atoms with Gasteiger partial charge >= 0.3 is 0 Å². The second-order valence-electron chi connectivity index (χ2n) is 7.95. The van der Waals surface area contributed by atoms with E-state index in [4.69, 9.17) is 19.6 Å². The Bertz CT molecular complexity index is 1190. The van der Waals surface area contributed by atoms with E-state index in [2.05, 4.69) is 29.4 Å². The molecule has 9 heteroatoms. The molecule has 0 radical (unpaired) electrons. The highest BCUT2D eigenvalue weighted by molar-refractivity contribution is 7.89. The van der Waals surface area contributed by atoms with Crippen molar-refractivity contribution >= 4 is 21.1 Å². The molecule has 2 N–H and O–H groups in total. The van der Waals surface area contributed by atoms with Crippen LogP contribution in [0.15, 0.2) is 41.3 Å². The molecule has 0 saturated heterocycles. The van der Waals surface area contributed by atoms with Crippen LogP contribution in [0.2, 0.25) is 0 Å². The number of benzene rings is 2. The van der Waals surface area contributed by atoms with Gasteiger partial charge in [0.25, 0.3) is 0 Å². The number of imidazole rings is 1. The van der Waals surface area contributed by atoms with Gasteiger partial charge in [-0.1, -0.05) is 26.3 Å². The van der Waals surface area contributed by atoms with Crippen molar-refractivity contribution in [1.82, 2.24) is 14.5 Å². The quantitative estimate of drug-likeness (QED) is 0.427. The Morgan fingerprint density at radius 1 is 1.06 bits per heavy atom. The molecular weight excluding hydrogens is 440 g/mol. The molecule has 1 aromatic heterocycles. The number of sulfonamides is 1. The molecule has 0 fully saturated rings. The molecule has 33 heavy (non-hydrogen) atoms. The minimum atomic E-state index is -3.78. The first-order chi connectivity index (χ1) is 15.8. The summed E-state index contributed by atoms with van der Waals surface area (Å²) in [7, 11) is -2.14. The third-order valence-electron chi connectivity index (χ3n) is 5.61. The fourth-order valence-corrected chi connectivity index (χ4v) is 4.38. The number of methoxy groups -OCH3 is 1. The van der Waals surface area contributed by atoms with Crippen LogP contribution >= 0.6 is 0 Å². The fourth-order valence-electron chi connectivity index (χ4n) is 3.85. The highest BCUT2D eigenvalue weighted by atomic mass is 32.2. The van der Waals surface area contributed by atoms with Gasteiger partial charge in [0.2, 0.25) is 10.0 Å². The van der Waals surface area contributed by atoms with E-state index in [0.717, 1.165) is 60.9 Å². The predicted octanol–water partition coefficient (Wildman–Crippen LogP) is 3.91. The van der Waals surface area contributed by atoms with Gasteiger partial charge < -0.3 is 14.0 Å². The molecule has 0 unspecified atom stereocenters. The van der Waals surface area contributed by atoms with Crippen LogP contribution in [-0.4, -0.2) is 43.1 Å². The largest absolute Gasteiger partial charge is 0.493 e. The standard InChI is InChI=1S/C24H34N4O4S/c1-5-8-13-28-21-11-10-19(33(25,29)30)15-20(21)26-24(28)17-27(6-2)16-18-9-12-22(32-7-3)23(14-18)31-4/h9-12,14-15H,5-8,13,16-17H2,1-4H3,(H2,25,29,30). The van der Waals surface area contributed by atoms with Crippen LogP contribution in [0, 0.1) is 0 Å². The second kappa shape index (κ2) is 11.0. The number of hydrogen-bond donors (Lipinski definition) is 1. The second-order valence-corrected chi connectivity index (χ2v) is 9.51. The SMILES string of the molecule is CCCCn1c(CN(CC)Cc2ccc(OCC)c(OC)c2)nc2cc(S(N)(=O)=O)ccc21. The number of fused-ring (bicyclic) bond motifs is 1. The number of ether oxygens (including phenoxy) is 2. The lowest BCUT2D eigenvalue weighted by Crippen LogP contribution is -2.24. The molecule has 2 aromatic carbocycles. The number of primary sulfonamides is 1. The van der Waals surface area contributed by atoms with E-state index in [-0.39, 0.29) is 4.90 Å². The van der Waals surface area contributed by atoms with Gasteiger partial charge in [0.05, 0.1) is 36.2 Å². The normalized spacial score (nSPS) is 11.9. The number of rotatable bonds is 12. The van der Waals surface area contributed by atoms with Crippen LogP contribution in [0.5, 0.6) is 11.5 Å². The number of unbranched alkanes of at least 4 members (excludes halogenated alkanes) is 1. The lowest BCUT2D eigenvalue weighted by Gasteiger charge is -2.21. The van der Waals surface area contributed by atoms with Crippen LogP contribution in [0.1, 0.15) is 45.0 Å². The highest BCUT2D eigenvalue weighted by Crippen LogP contribution is 2.29. The van der Waals surface area contributed by atoms with Crippen molar-refractivity contribution in [3.05, 3.63) is 47.8 Å². The summed E-state index contributed by atoms with van der Waals surface area (Å²) in [6, 6.07) is 10.9. The summed E-state index contributed by atoms with van der Waals surface area (Å²) < 4.78 is 36.9. The number of aromatic nitrogens is 2. The van der Waals surface area contributed by atoms with Gasteiger partial charge in [0, 0.05) is 13.1 Å². The van der Waals surface area contributed by atoms with Gasteiger partial charge in [-0.15, -0.1) is 0 Å². The van der Waals surface area contributed by atoms with Crippen molar-refractivity contribution < 1.29 is 17.9 Å². The predicted molar refractivity (Wildman–Crippen MR) is 130 cm³/mol. The number of nitrogens with zero attached hydrogens (tertiary/aromatic N) is 3. The van der Waals surface area contributed by atoms with Crippen molar-refractivity contribution in [1.29, 1.82) is 0 Å². The summed E-state index contributed by atoms with van der Waals surface area (Å²) in [4.78, 5) is 7.17. The molecule has 0 amide bonds. The first kappa shape index (κ1) is 25.0. The molecule has 0 atom stereocenters. The summed E-state index contributed by atoms with van der Waals surface area (Å²) in [5, 5.41) is 5.32. The molecule has 0 aliphatic carbocycles. The lowest BCUT2D eigenvalue weighted by molar-refractivity contribution is 0.259. The smallest absolute Gasteiger partial charge is 0.238 e. The number of nitrogens with two attached hydrogens (primary N) is 1. The molecular formula is C24H34N4O4S. The molecule has 3 aromatic rings. The molecule has 180 valence electrons. The van der Waals surface area contributed by atoms with Gasteiger partial charge in [-0.25, -0.2) is 18.5 Å². The maximum absolute atomic E-state index is 11.8. The third-order valence-corrected chi connectivity index (χ3v) is 6.52. The highest BCUT2D eigenvalue weighted by Gasteiger charge is 2.17. The summed E-state index contributed by atoms with van der Waals surface area (Å²) >= 11 is 0. The zero-order valence-corrected chi connectivity index (χ0v) is 20.7. The Balaban J connectivity index is 1.90. The maximum Gasteiger partial charge on any atom is 0.238 e. The zero-order valence-electron chi connectivity index (χ0n) is 19.9. The Kier molecular flexibility index (Phi) is 8.34. The Hall–Kier alpha value is -2.62. The molecule has 3 rings (SSSR count). The molecule has 0 saturated carbocycles. The van der Waals surface area contributed by atoms with Gasteiger partial charge in [-0.2, -0.15) is 0 Å². The van der Waals surface area contributed by atoms with Crippen LogP contribution in [0.4, 0.5) is 0 Å². The molecule has 0 spiro atoms. The Morgan fingerprint density at radius 2 is 1.85 bits per heavy atom. The lowest BCUT2D eigenvalue weighted by atomic mass is 10.2. The van der Waals surface area contributed by atoms with Crippen LogP contribution in [-0.2, 0) is 29.7 Å². The first-order valence-corrected chi connectivity index (χ1v) is 12.9. The van der Waals surface area contributed by atoms with E-state index in [1.54, 1.807) is 25.3 Å². The van der Waals surface area contributed by atoms with Gasteiger partial charge in [-0.05, 0) is 55.8 Å². The van der Waals surface area contributed by atoms with Crippen LogP contribution in [0.25, 0.3) is 11.0 Å². The molecule has 8 nitrogen and oxygen atoms in total. The van der Waals surface area contributed by atoms with E-state index in [1.807, 2.05) is 19.1 Å². The van der Waals surface area contributed by atoms with Crippen molar-refractivity contribution in [2.45, 2.75) is 58.1 Å². The van der Waals surface area contributed by atoms with Crippen molar-refractivity contribution in [2.24, 2.45) is 5.14 Å². The zero-order chi connectivity index (χ0) is 24.0. The van der Waals surface area contributed by atoms with Crippen LogP contribution in [0.3, 0.4) is 0 Å². The Labute approximate surface area is 196 Å². The van der Waals surface area contributed by atoms with E-state index in [1.165, 1.54) is 0 Å². The van der Waals surface area contributed by atoms with Crippen LogP contribution < -0.4 is 14.6 Å². The van der Waals surface area contributed by atoms with Gasteiger partial charge in [0.15, 0.2) is 11.5 Å². The monoisotopic (exact) mass is 474 g/mol. The number of hydrogen-bond acceptors (Lipinski definition) is 6. The van der Waals surface area contributed by atoms with Gasteiger partial charge in [-0.3, -0.25) is 4.90 Å². The summed E-state index contributed by atoms with van der Waals surface area (Å²) in [6.45, 7) is 9.80. The van der Waals surface area contributed by atoms with Crippen molar-refractivity contribution in [2.75, 3.05) is 20.3 Å². The summed E-state index contributed by atoms with van der Waals surface area (Å²) in [5.74, 6) is 2.36. The van der Waals surface area contributed by atoms with E-state index >= 15 is 0 Å². The fraction of sp³-hybridized carbons (Fsp3) is 0.458. The molecule has 0 aliphatic rings. The third kappa shape index (κ3) is 6.04. The minimum Gasteiger partial charge on any atom is -0.493 e. The van der Waals surface area contributed by atoms with E-state index in [0.29, 0.717) is 18.7 Å². The van der Waals surface area contributed by atoms with Crippen molar-refractivity contribution in [3.63, 3.8) is 0 Å².